The fourth-order valence-corrected chi connectivity index (χ4v) is 4.19. The Labute approximate surface area is 180 Å². The van der Waals surface area contributed by atoms with Gasteiger partial charge < -0.3 is 9.64 Å². The molecule has 1 fully saturated rings. The van der Waals surface area contributed by atoms with Gasteiger partial charge in [-0.2, -0.15) is 0 Å². The van der Waals surface area contributed by atoms with E-state index in [1.54, 1.807) is 17.0 Å². The number of amides is 2. The van der Waals surface area contributed by atoms with Gasteiger partial charge >= 0.3 is 0 Å². The summed E-state index contributed by atoms with van der Waals surface area (Å²) in [6.07, 6.45) is 1.48. The number of ether oxygens (including phenoxy) is 1. The van der Waals surface area contributed by atoms with Crippen LogP contribution in [0.5, 0.6) is 5.75 Å². The largest absolute Gasteiger partial charge is 0.484 e. The number of halogens is 1. The predicted molar refractivity (Wildman–Crippen MR) is 117 cm³/mol. The van der Waals surface area contributed by atoms with E-state index < -0.39 is 0 Å². The molecule has 148 valence electrons. The molecule has 1 aromatic heterocycles. The molecule has 0 unspecified atom stereocenters. The molecule has 0 saturated carbocycles. The normalized spacial score (nSPS) is 13.6. The molecule has 2 amide bonds. The van der Waals surface area contributed by atoms with Crippen molar-refractivity contribution >= 4 is 49.9 Å². The van der Waals surface area contributed by atoms with E-state index in [4.69, 9.17) is 4.74 Å². The molecule has 8 heteroatoms. The molecule has 3 aromatic rings. The Balaban J connectivity index is 1.31. The lowest BCUT2D eigenvalue weighted by Gasteiger charge is -2.16. The first kappa shape index (κ1) is 19.6. The van der Waals surface area contributed by atoms with Crippen LogP contribution in [0.3, 0.4) is 0 Å². The Morgan fingerprint density at radius 1 is 1.24 bits per heavy atom. The maximum Gasteiger partial charge on any atom is 0.264 e. The number of nitrogens with one attached hydrogen (secondary N) is 1. The average molecular weight is 472 g/mol. The number of hydrogen-bond donors (Lipinski definition) is 1. The first-order chi connectivity index (χ1) is 14.1. The highest BCUT2D eigenvalue weighted by Gasteiger charge is 2.21. The van der Waals surface area contributed by atoms with Crippen molar-refractivity contribution in [3.8, 4) is 17.0 Å². The topological polar surface area (TPSA) is 71.5 Å². The van der Waals surface area contributed by atoms with Crippen LogP contribution in [0, 0.1) is 0 Å². The van der Waals surface area contributed by atoms with Gasteiger partial charge in [-0.1, -0.05) is 28.1 Å². The SMILES string of the molecule is O=C(COc1ccc(N2CCCC2=O)cc1)Nc1nc(-c2cccc(Br)c2)cs1. The maximum atomic E-state index is 12.2. The monoisotopic (exact) mass is 471 g/mol. The minimum atomic E-state index is -0.279. The molecule has 1 N–H and O–H groups in total. The summed E-state index contributed by atoms with van der Waals surface area (Å²) >= 11 is 4.81. The Kier molecular flexibility index (Phi) is 5.92. The number of carbonyl (C=O) groups is 2. The standard InChI is InChI=1S/C21H18BrN3O3S/c22-15-4-1-3-14(11-15)18-13-29-21(23-18)24-19(26)12-28-17-8-6-16(7-9-17)25-10-2-5-20(25)27/h1,3-4,6-9,11,13H,2,5,10,12H2,(H,23,24,26). The third kappa shape index (κ3) is 4.83. The van der Waals surface area contributed by atoms with Crippen molar-refractivity contribution in [1.29, 1.82) is 0 Å². The fourth-order valence-electron chi connectivity index (χ4n) is 3.06. The lowest BCUT2D eigenvalue weighted by Crippen LogP contribution is -2.23. The molecule has 2 aromatic carbocycles. The third-order valence-corrected chi connectivity index (χ3v) is 5.71. The van der Waals surface area contributed by atoms with Crippen LogP contribution in [0.1, 0.15) is 12.8 Å². The van der Waals surface area contributed by atoms with Gasteiger partial charge in [0.15, 0.2) is 11.7 Å². The summed E-state index contributed by atoms with van der Waals surface area (Å²) < 4.78 is 6.52. The predicted octanol–water partition coefficient (Wildman–Crippen LogP) is 4.72. The van der Waals surface area contributed by atoms with Gasteiger partial charge in [-0.05, 0) is 42.8 Å². The molecular formula is C21H18BrN3O3S. The first-order valence-electron chi connectivity index (χ1n) is 9.13. The summed E-state index contributed by atoms with van der Waals surface area (Å²) in [6, 6.07) is 15.0. The van der Waals surface area contributed by atoms with Crippen molar-refractivity contribution in [2.24, 2.45) is 0 Å². The third-order valence-electron chi connectivity index (χ3n) is 4.46. The number of carbonyl (C=O) groups excluding carboxylic acids is 2. The Morgan fingerprint density at radius 3 is 2.79 bits per heavy atom. The maximum absolute atomic E-state index is 12.2. The summed E-state index contributed by atoms with van der Waals surface area (Å²) in [5.41, 5.74) is 2.63. The van der Waals surface area contributed by atoms with Crippen molar-refractivity contribution in [2.45, 2.75) is 12.8 Å². The quantitative estimate of drug-likeness (QED) is 0.564. The van der Waals surface area contributed by atoms with Crippen molar-refractivity contribution < 1.29 is 14.3 Å². The van der Waals surface area contributed by atoms with Crippen molar-refractivity contribution in [1.82, 2.24) is 4.98 Å². The van der Waals surface area contributed by atoms with E-state index in [-0.39, 0.29) is 18.4 Å². The molecular weight excluding hydrogens is 454 g/mol. The Bertz CT molecular complexity index is 1040. The second kappa shape index (κ2) is 8.75. The highest BCUT2D eigenvalue weighted by Crippen LogP contribution is 2.27. The van der Waals surface area contributed by atoms with Gasteiger partial charge in [0.25, 0.3) is 5.91 Å². The smallest absolute Gasteiger partial charge is 0.264 e. The fraction of sp³-hybridized carbons (Fsp3) is 0.190. The zero-order valence-corrected chi connectivity index (χ0v) is 17.8. The van der Waals surface area contributed by atoms with Gasteiger partial charge in [-0.15, -0.1) is 11.3 Å². The molecule has 0 spiro atoms. The number of hydrogen-bond acceptors (Lipinski definition) is 5. The summed E-state index contributed by atoms with van der Waals surface area (Å²) in [6.45, 7) is 0.630. The molecule has 4 rings (SSSR count). The van der Waals surface area contributed by atoms with Crippen molar-refractivity contribution in [3.63, 3.8) is 0 Å². The second-order valence-corrected chi connectivity index (χ2v) is 8.30. The lowest BCUT2D eigenvalue weighted by molar-refractivity contribution is -0.118. The van der Waals surface area contributed by atoms with Crippen LogP contribution >= 0.6 is 27.3 Å². The van der Waals surface area contributed by atoms with E-state index >= 15 is 0 Å². The summed E-state index contributed by atoms with van der Waals surface area (Å²) in [4.78, 5) is 30.2. The first-order valence-corrected chi connectivity index (χ1v) is 10.8. The van der Waals surface area contributed by atoms with Gasteiger partial charge in [0.2, 0.25) is 5.91 Å². The second-order valence-electron chi connectivity index (χ2n) is 6.53. The van der Waals surface area contributed by atoms with Crippen molar-refractivity contribution in [2.75, 3.05) is 23.4 Å². The zero-order valence-electron chi connectivity index (χ0n) is 15.4. The van der Waals surface area contributed by atoms with Crippen LogP contribution in [0.2, 0.25) is 0 Å². The summed E-state index contributed by atoms with van der Waals surface area (Å²) in [7, 11) is 0. The molecule has 0 radical (unpaired) electrons. The molecule has 1 aliphatic heterocycles. The summed E-state index contributed by atoms with van der Waals surface area (Å²) in [5.74, 6) is 0.437. The molecule has 0 aliphatic carbocycles. The van der Waals surface area contributed by atoms with Crippen LogP contribution in [-0.2, 0) is 9.59 Å². The molecule has 0 atom stereocenters. The van der Waals surface area contributed by atoms with Crippen LogP contribution in [0.4, 0.5) is 10.8 Å². The van der Waals surface area contributed by atoms with Crippen LogP contribution < -0.4 is 15.0 Å². The number of thiazole rings is 1. The Morgan fingerprint density at radius 2 is 2.07 bits per heavy atom. The average Bonchev–Trinajstić information content (AvgIpc) is 3.36. The number of aromatic nitrogens is 1. The zero-order chi connectivity index (χ0) is 20.2. The number of anilines is 2. The van der Waals surface area contributed by atoms with Crippen molar-refractivity contribution in [3.05, 3.63) is 58.4 Å². The molecule has 6 nitrogen and oxygen atoms in total. The molecule has 1 saturated heterocycles. The van der Waals surface area contributed by atoms with E-state index in [9.17, 15) is 9.59 Å². The van der Waals surface area contributed by atoms with E-state index in [0.29, 0.717) is 17.3 Å². The number of nitrogens with zero attached hydrogens (tertiary/aromatic N) is 2. The van der Waals surface area contributed by atoms with Gasteiger partial charge in [0, 0.05) is 34.1 Å². The van der Waals surface area contributed by atoms with Crippen LogP contribution in [0.25, 0.3) is 11.3 Å². The number of rotatable bonds is 6. The van der Waals surface area contributed by atoms with Gasteiger partial charge in [-0.3, -0.25) is 14.9 Å². The lowest BCUT2D eigenvalue weighted by atomic mass is 10.2. The molecule has 1 aliphatic rings. The Hall–Kier alpha value is -2.71. The van der Waals surface area contributed by atoms with Gasteiger partial charge in [0.05, 0.1) is 5.69 Å². The molecule has 2 heterocycles. The summed E-state index contributed by atoms with van der Waals surface area (Å²) in [5, 5.41) is 5.18. The van der Waals surface area contributed by atoms with Gasteiger partial charge in [0.1, 0.15) is 5.75 Å². The van der Waals surface area contributed by atoms with E-state index in [2.05, 4.69) is 26.2 Å². The highest BCUT2D eigenvalue weighted by atomic mass is 79.9. The van der Waals surface area contributed by atoms with Crippen LogP contribution in [-0.4, -0.2) is 29.9 Å². The van der Waals surface area contributed by atoms with Gasteiger partial charge in [-0.25, -0.2) is 4.98 Å². The van der Waals surface area contributed by atoms with E-state index in [0.717, 1.165) is 34.4 Å². The van der Waals surface area contributed by atoms with Crippen LogP contribution in [0.15, 0.2) is 58.4 Å². The minimum Gasteiger partial charge on any atom is -0.484 e. The molecule has 0 bridgehead atoms. The van der Waals surface area contributed by atoms with E-state index in [1.165, 1.54) is 11.3 Å². The minimum absolute atomic E-state index is 0.117. The molecule has 29 heavy (non-hydrogen) atoms. The highest BCUT2D eigenvalue weighted by molar-refractivity contribution is 9.10. The van der Waals surface area contributed by atoms with E-state index in [1.807, 2.05) is 41.8 Å². The number of benzene rings is 2.